The lowest BCUT2D eigenvalue weighted by Gasteiger charge is -2.00. The molecule has 24 heavy (non-hydrogen) atoms. The molecule has 3 heterocycles. The predicted molar refractivity (Wildman–Crippen MR) is 95.5 cm³/mol. The van der Waals surface area contributed by atoms with Gasteiger partial charge in [-0.15, -0.1) is 12.4 Å². The average molecular weight is 336 g/mol. The van der Waals surface area contributed by atoms with Gasteiger partial charge in [0.15, 0.2) is 0 Å². The minimum Gasteiger partial charge on any atom is -0.306 e. The summed E-state index contributed by atoms with van der Waals surface area (Å²) >= 11 is 0. The number of fused-ring (bicyclic) bond motifs is 1. The van der Waals surface area contributed by atoms with Crippen molar-refractivity contribution in [2.45, 2.75) is 0 Å². The zero-order valence-electron chi connectivity index (χ0n) is 12.7. The molecule has 0 fully saturated rings. The Morgan fingerprint density at radius 2 is 1.67 bits per heavy atom. The highest BCUT2D eigenvalue weighted by Crippen LogP contribution is 2.18. The Morgan fingerprint density at radius 1 is 0.875 bits per heavy atom. The van der Waals surface area contributed by atoms with Gasteiger partial charge in [0.25, 0.3) is 0 Å². The van der Waals surface area contributed by atoms with Crippen LogP contribution < -0.4 is 0 Å². The summed E-state index contributed by atoms with van der Waals surface area (Å²) in [7, 11) is 0. The minimum absolute atomic E-state index is 0. The molecule has 4 aromatic rings. The molecular weight excluding hydrogens is 322 g/mol. The maximum atomic E-state index is 12.5. The summed E-state index contributed by atoms with van der Waals surface area (Å²) in [6.07, 6.45) is 5.46. The van der Waals surface area contributed by atoms with E-state index in [4.69, 9.17) is 0 Å². The molecule has 4 rings (SSSR count). The lowest BCUT2D eigenvalue weighted by Crippen LogP contribution is -2.00. The molecule has 0 saturated heterocycles. The van der Waals surface area contributed by atoms with Crippen molar-refractivity contribution < 1.29 is 4.79 Å². The molecule has 0 saturated carbocycles. The quantitative estimate of drug-likeness (QED) is 0.531. The molecule has 5 heteroatoms. The van der Waals surface area contributed by atoms with Gasteiger partial charge in [-0.1, -0.05) is 36.4 Å². The summed E-state index contributed by atoms with van der Waals surface area (Å²) in [4.78, 5) is 21.2. The maximum Gasteiger partial charge on any atom is 0.212 e. The molecule has 4 nitrogen and oxygen atoms in total. The predicted octanol–water partition coefficient (Wildman–Crippen LogP) is 4.05. The second kappa shape index (κ2) is 6.64. The zero-order chi connectivity index (χ0) is 15.6. The number of benzene rings is 1. The highest BCUT2D eigenvalue weighted by Gasteiger charge is 2.13. The topological polar surface area (TPSA) is 47.3 Å². The lowest BCUT2D eigenvalue weighted by atomic mass is 10.1. The molecule has 3 aromatic heterocycles. The molecule has 0 bridgehead atoms. The maximum absolute atomic E-state index is 12.5. The van der Waals surface area contributed by atoms with E-state index in [1.165, 1.54) is 0 Å². The zero-order valence-corrected chi connectivity index (χ0v) is 13.5. The first-order valence-corrected chi connectivity index (χ1v) is 7.31. The van der Waals surface area contributed by atoms with Gasteiger partial charge in [0.1, 0.15) is 11.3 Å². The van der Waals surface area contributed by atoms with Gasteiger partial charge in [0.2, 0.25) is 5.78 Å². The molecule has 0 radical (unpaired) electrons. The number of pyridine rings is 2. The Kier molecular flexibility index (Phi) is 4.40. The van der Waals surface area contributed by atoms with Crippen LogP contribution in [0.25, 0.3) is 16.9 Å². The van der Waals surface area contributed by atoms with Crippen LogP contribution >= 0.6 is 12.4 Å². The molecule has 118 valence electrons. The fraction of sp³-hybridized carbons (Fsp3) is 0. The average Bonchev–Trinajstić information content (AvgIpc) is 3.06. The standard InChI is InChI=1S/C19H13N3O.ClH/c23-19(14-6-2-1-3-7-14)17-13-22-12-15(9-10-18(22)21-17)16-8-4-5-11-20-16;/h1-13H;1H. The SMILES string of the molecule is Cl.O=C(c1ccccc1)c1cn2cc(-c3ccccn3)ccc2n1. The van der Waals surface area contributed by atoms with E-state index in [-0.39, 0.29) is 18.2 Å². The molecule has 1 aromatic carbocycles. The Labute approximate surface area is 145 Å². The highest BCUT2D eigenvalue weighted by molar-refractivity contribution is 6.07. The van der Waals surface area contributed by atoms with Gasteiger partial charge in [-0.25, -0.2) is 4.98 Å². The Bertz CT molecular complexity index is 981. The molecule has 0 spiro atoms. The van der Waals surface area contributed by atoms with Crippen molar-refractivity contribution >= 4 is 23.8 Å². The number of halogens is 1. The number of hydrogen-bond acceptors (Lipinski definition) is 3. The number of nitrogens with zero attached hydrogens (tertiary/aromatic N) is 3. The van der Waals surface area contributed by atoms with Crippen molar-refractivity contribution in [2.24, 2.45) is 0 Å². The first kappa shape index (κ1) is 15.9. The van der Waals surface area contributed by atoms with Gasteiger partial charge in [-0.05, 0) is 24.3 Å². The number of aromatic nitrogens is 3. The summed E-state index contributed by atoms with van der Waals surface area (Å²) in [6, 6.07) is 18.8. The van der Waals surface area contributed by atoms with Crippen LogP contribution in [-0.4, -0.2) is 20.2 Å². The van der Waals surface area contributed by atoms with E-state index in [1.54, 1.807) is 24.5 Å². The lowest BCUT2D eigenvalue weighted by molar-refractivity contribution is 0.103. The summed E-state index contributed by atoms with van der Waals surface area (Å²) < 4.78 is 1.86. The smallest absolute Gasteiger partial charge is 0.212 e. The summed E-state index contributed by atoms with van der Waals surface area (Å²) in [5.41, 5.74) is 3.69. The number of carbonyl (C=O) groups is 1. The first-order chi connectivity index (χ1) is 11.3. The van der Waals surface area contributed by atoms with E-state index >= 15 is 0 Å². The molecule has 0 amide bonds. The van der Waals surface area contributed by atoms with Gasteiger partial charge in [0, 0.05) is 29.7 Å². The molecule has 0 aliphatic carbocycles. The minimum atomic E-state index is -0.0753. The van der Waals surface area contributed by atoms with Crippen LogP contribution in [0.15, 0.2) is 79.3 Å². The van der Waals surface area contributed by atoms with Gasteiger partial charge in [-0.3, -0.25) is 9.78 Å². The number of hydrogen-bond donors (Lipinski definition) is 0. The summed E-state index contributed by atoms with van der Waals surface area (Å²) in [5, 5.41) is 0. The van der Waals surface area contributed by atoms with E-state index < -0.39 is 0 Å². The number of rotatable bonds is 3. The van der Waals surface area contributed by atoms with Crippen LogP contribution in [0.5, 0.6) is 0 Å². The monoisotopic (exact) mass is 335 g/mol. The van der Waals surface area contributed by atoms with Crippen LogP contribution in [0.3, 0.4) is 0 Å². The fourth-order valence-corrected chi connectivity index (χ4v) is 2.52. The van der Waals surface area contributed by atoms with Crippen molar-refractivity contribution in [2.75, 3.05) is 0 Å². The third-order valence-electron chi connectivity index (χ3n) is 3.68. The van der Waals surface area contributed by atoms with Crippen LogP contribution in [0.1, 0.15) is 16.1 Å². The van der Waals surface area contributed by atoms with Crippen molar-refractivity contribution in [3.8, 4) is 11.3 Å². The third-order valence-corrected chi connectivity index (χ3v) is 3.68. The number of imidazole rings is 1. The first-order valence-electron chi connectivity index (χ1n) is 7.31. The van der Waals surface area contributed by atoms with Crippen LogP contribution in [-0.2, 0) is 0 Å². The largest absolute Gasteiger partial charge is 0.306 e. The van der Waals surface area contributed by atoms with Crippen molar-refractivity contribution in [1.82, 2.24) is 14.4 Å². The number of ketones is 1. The van der Waals surface area contributed by atoms with E-state index in [0.717, 1.165) is 16.9 Å². The van der Waals surface area contributed by atoms with E-state index in [2.05, 4.69) is 9.97 Å². The van der Waals surface area contributed by atoms with Crippen molar-refractivity contribution in [1.29, 1.82) is 0 Å². The number of carbonyl (C=O) groups excluding carboxylic acids is 1. The van der Waals surface area contributed by atoms with Crippen molar-refractivity contribution in [3.05, 3.63) is 90.5 Å². The summed E-state index contributed by atoms with van der Waals surface area (Å²) in [5.74, 6) is -0.0753. The molecular formula is C19H14ClN3O. The third kappa shape index (κ3) is 2.92. The van der Waals surface area contributed by atoms with Gasteiger partial charge in [-0.2, -0.15) is 0 Å². The van der Waals surface area contributed by atoms with Crippen LogP contribution in [0.2, 0.25) is 0 Å². The normalized spacial score (nSPS) is 10.3. The Hall–Kier alpha value is -2.98. The van der Waals surface area contributed by atoms with Gasteiger partial charge >= 0.3 is 0 Å². The molecule has 0 aliphatic rings. The van der Waals surface area contributed by atoms with Gasteiger partial charge < -0.3 is 4.40 Å². The molecule has 0 unspecified atom stereocenters. The van der Waals surface area contributed by atoms with E-state index in [0.29, 0.717) is 11.3 Å². The van der Waals surface area contributed by atoms with Crippen LogP contribution in [0, 0.1) is 0 Å². The van der Waals surface area contributed by atoms with E-state index in [1.807, 2.05) is 59.1 Å². The summed E-state index contributed by atoms with van der Waals surface area (Å²) in [6.45, 7) is 0. The Morgan fingerprint density at radius 3 is 2.42 bits per heavy atom. The van der Waals surface area contributed by atoms with Crippen molar-refractivity contribution in [3.63, 3.8) is 0 Å². The highest BCUT2D eigenvalue weighted by atomic mass is 35.5. The van der Waals surface area contributed by atoms with Gasteiger partial charge in [0.05, 0.1) is 5.69 Å². The molecule has 0 aliphatic heterocycles. The second-order valence-electron chi connectivity index (χ2n) is 5.22. The van der Waals surface area contributed by atoms with E-state index in [9.17, 15) is 4.79 Å². The molecule has 0 atom stereocenters. The van der Waals surface area contributed by atoms with Crippen LogP contribution in [0.4, 0.5) is 0 Å². The molecule has 0 N–H and O–H groups in total. The Balaban J connectivity index is 0.00000169. The fourth-order valence-electron chi connectivity index (χ4n) is 2.52. The second-order valence-corrected chi connectivity index (χ2v) is 5.22.